The summed E-state index contributed by atoms with van der Waals surface area (Å²) in [5.41, 5.74) is 1.60. The van der Waals surface area contributed by atoms with Gasteiger partial charge in [0.25, 0.3) is 0 Å². The SMILES string of the molecule is O=C(Nc1cccnc1)N1CCN(c2cc(-c3ccc(F)cc3F)ccn2)CC1. The molecule has 1 saturated heterocycles. The lowest BCUT2D eigenvalue weighted by Crippen LogP contribution is -2.50. The maximum atomic E-state index is 14.1. The fourth-order valence-corrected chi connectivity index (χ4v) is 3.26. The van der Waals surface area contributed by atoms with Crippen molar-refractivity contribution in [3.8, 4) is 11.1 Å². The lowest BCUT2D eigenvalue weighted by molar-refractivity contribution is 0.208. The minimum Gasteiger partial charge on any atom is -0.353 e. The number of amides is 2. The Morgan fingerprint density at radius 1 is 1.00 bits per heavy atom. The van der Waals surface area contributed by atoms with Crippen LogP contribution in [0.1, 0.15) is 0 Å². The van der Waals surface area contributed by atoms with Crippen LogP contribution in [0.4, 0.5) is 25.1 Å². The average Bonchev–Trinajstić information content (AvgIpc) is 2.75. The predicted molar refractivity (Wildman–Crippen MR) is 107 cm³/mol. The van der Waals surface area contributed by atoms with Gasteiger partial charge in [0.15, 0.2) is 0 Å². The zero-order chi connectivity index (χ0) is 20.2. The lowest BCUT2D eigenvalue weighted by Gasteiger charge is -2.35. The van der Waals surface area contributed by atoms with E-state index in [0.29, 0.717) is 48.8 Å². The van der Waals surface area contributed by atoms with Crippen LogP contribution in [0.3, 0.4) is 0 Å². The van der Waals surface area contributed by atoms with Gasteiger partial charge in [0.05, 0.1) is 11.9 Å². The molecular formula is C21H19F2N5O. The van der Waals surface area contributed by atoms with Crippen LogP contribution in [-0.4, -0.2) is 47.1 Å². The summed E-state index contributed by atoms with van der Waals surface area (Å²) in [5.74, 6) is -0.529. The molecule has 1 aliphatic heterocycles. The van der Waals surface area contributed by atoms with Crippen LogP contribution in [-0.2, 0) is 0 Å². The summed E-state index contributed by atoms with van der Waals surface area (Å²) in [6.45, 7) is 2.26. The Labute approximate surface area is 166 Å². The van der Waals surface area contributed by atoms with Gasteiger partial charge in [-0.3, -0.25) is 4.98 Å². The van der Waals surface area contributed by atoms with Crippen LogP contribution >= 0.6 is 0 Å². The number of carbonyl (C=O) groups is 1. The van der Waals surface area contributed by atoms with Crippen LogP contribution < -0.4 is 10.2 Å². The van der Waals surface area contributed by atoms with Crippen molar-refractivity contribution in [3.05, 3.63) is 72.7 Å². The standard InChI is InChI=1S/C21H19F2N5O/c22-16-3-4-18(19(23)13-16)15-5-7-25-20(12-15)27-8-10-28(11-9-27)21(29)26-17-2-1-6-24-14-17/h1-7,12-14H,8-11H2,(H,26,29). The number of piperazine rings is 1. The largest absolute Gasteiger partial charge is 0.353 e. The van der Waals surface area contributed by atoms with Crippen LogP contribution in [0.15, 0.2) is 61.1 Å². The van der Waals surface area contributed by atoms with Crippen molar-refractivity contribution >= 4 is 17.5 Å². The van der Waals surface area contributed by atoms with Crippen molar-refractivity contribution in [2.45, 2.75) is 0 Å². The van der Waals surface area contributed by atoms with E-state index in [1.165, 1.54) is 12.1 Å². The third kappa shape index (κ3) is 4.31. The van der Waals surface area contributed by atoms with Gasteiger partial charge in [0, 0.05) is 50.2 Å². The minimum absolute atomic E-state index is 0.173. The van der Waals surface area contributed by atoms with E-state index in [4.69, 9.17) is 0 Å². The molecule has 1 fully saturated rings. The molecule has 1 aliphatic rings. The Bertz CT molecular complexity index is 1010. The molecule has 0 atom stereocenters. The highest BCUT2D eigenvalue weighted by atomic mass is 19.1. The summed E-state index contributed by atoms with van der Waals surface area (Å²) >= 11 is 0. The second kappa shape index (κ2) is 8.22. The first-order chi connectivity index (χ1) is 14.1. The number of urea groups is 1. The Kier molecular flexibility index (Phi) is 5.33. The highest BCUT2D eigenvalue weighted by molar-refractivity contribution is 5.89. The van der Waals surface area contributed by atoms with Gasteiger partial charge in [-0.1, -0.05) is 0 Å². The van der Waals surface area contributed by atoms with E-state index < -0.39 is 11.6 Å². The molecule has 3 aromatic rings. The summed E-state index contributed by atoms with van der Waals surface area (Å²) in [6, 6.07) is 10.4. The Morgan fingerprint density at radius 3 is 2.55 bits per heavy atom. The van der Waals surface area contributed by atoms with E-state index in [1.54, 1.807) is 47.8 Å². The number of benzene rings is 1. The second-order valence-electron chi connectivity index (χ2n) is 6.67. The molecule has 1 N–H and O–H groups in total. The van der Waals surface area contributed by atoms with Crippen LogP contribution in [0.5, 0.6) is 0 Å². The molecule has 29 heavy (non-hydrogen) atoms. The van der Waals surface area contributed by atoms with Gasteiger partial charge in [-0.2, -0.15) is 0 Å². The van der Waals surface area contributed by atoms with E-state index in [0.717, 1.165) is 6.07 Å². The fraction of sp³-hybridized carbons (Fsp3) is 0.190. The molecule has 1 aromatic carbocycles. The van der Waals surface area contributed by atoms with Crippen molar-refractivity contribution in [2.24, 2.45) is 0 Å². The number of nitrogens with zero attached hydrogens (tertiary/aromatic N) is 4. The van der Waals surface area contributed by atoms with Gasteiger partial charge in [-0.25, -0.2) is 18.6 Å². The fourth-order valence-electron chi connectivity index (χ4n) is 3.26. The van der Waals surface area contributed by atoms with Gasteiger partial charge in [0.1, 0.15) is 17.5 Å². The number of pyridine rings is 2. The highest BCUT2D eigenvalue weighted by Crippen LogP contribution is 2.26. The first kappa shape index (κ1) is 18.8. The molecule has 2 amide bonds. The van der Waals surface area contributed by atoms with Crippen molar-refractivity contribution < 1.29 is 13.6 Å². The van der Waals surface area contributed by atoms with Gasteiger partial charge in [0.2, 0.25) is 0 Å². The van der Waals surface area contributed by atoms with E-state index in [1.807, 2.05) is 4.90 Å². The topological polar surface area (TPSA) is 61.4 Å². The monoisotopic (exact) mass is 395 g/mol. The first-order valence-corrected chi connectivity index (χ1v) is 9.22. The van der Waals surface area contributed by atoms with E-state index in [-0.39, 0.29) is 6.03 Å². The second-order valence-corrected chi connectivity index (χ2v) is 6.67. The molecule has 0 aliphatic carbocycles. The summed E-state index contributed by atoms with van der Waals surface area (Å²) in [5, 5.41) is 2.83. The number of nitrogens with one attached hydrogen (secondary N) is 1. The molecule has 0 radical (unpaired) electrons. The number of rotatable bonds is 3. The predicted octanol–water partition coefficient (Wildman–Crippen LogP) is 3.78. The van der Waals surface area contributed by atoms with Gasteiger partial charge in [-0.15, -0.1) is 0 Å². The molecular weight excluding hydrogens is 376 g/mol. The molecule has 0 bridgehead atoms. The number of aromatic nitrogens is 2. The maximum Gasteiger partial charge on any atom is 0.322 e. The molecule has 0 spiro atoms. The summed E-state index contributed by atoms with van der Waals surface area (Å²) in [7, 11) is 0. The molecule has 0 saturated carbocycles. The smallest absolute Gasteiger partial charge is 0.322 e. The van der Waals surface area contributed by atoms with Gasteiger partial charge >= 0.3 is 6.03 Å². The van der Waals surface area contributed by atoms with Gasteiger partial charge in [-0.05, 0) is 42.0 Å². The van der Waals surface area contributed by atoms with Gasteiger partial charge < -0.3 is 15.1 Å². The third-order valence-corrected chi connectivity index (χ3v) is 4.79. The molecule has 4 rings (SSSR count). The molecule has 2 aromatic heterocycles. The average molecular weight is 395 g/mol. The van der Waals surface area contributed by atoms with Crippen molar-refractivity contribution in [2.75, 3.05) is 36.4 Å². The molecule has 0 unspecified atom stereocenters. The van der Waals surface area contributed by atoms with E-state index >= 15 is 0 Å². The van der Waals surface area contributed by atoms with E-state index in [9.17, 15) is 13.6 Å². The molecule has 3 heterocycles. The van der Waals surface area contributed by atoms with Crippen LogP contribution in [0.2, 0.25) is 0 Å². The number of anilines is 2. The summed E-state index contributed by atoms with van der Waals surface area (Å²) < 4.78 is 27.3. The molecule has 6 nitrogen and oxygen atoms in total. The quantitative estimate of drug-likeness (QED) is 0.733. The maximum absolute atomic E-state index is 14.1. The number of hydrogen-bond donors (Lipinski definition) is 1. The number of hydrogen-bond acceptors (Lipinski definition) is 4. The Morgan fingerprint density at radius 2 is 1.83 bits per heavy atom. The van der Waals surface area contributed by atoms with Crippen molar-refractivity contribution in [3.63, 3.8) is 0 Å². The lowest BCUT2D eigenvalue weighted by atomic mass is 10.1. The van der Waals surface area contributed by atoms with Crippen molar-refractivity contribution in [1.29, 1.82) is 0 Å². The summed E-state index contributed by atoms with van der Waals surface area (Å²) in [4.78, 5) is 24.5. The normalized spacial score (nSPS) is 14.0. The van der Waals surface area contributed by atoms with Crippen LogP contribution in [0.25, 0.3) is 11.1 Å². The van der Waals surface area contributed by atoms with Crippen molar-refractivity contribution in [1.82, 2.24) is 14.9 Å². The van der Waals surface area contributed by atoms with E-state index in [2.05, 4.69) is 15.3 Å². The van der Waals surface area contributed by atoms with Crippen LogP contribution in [0, 0.1) is 11.6 Å². The number of halogens is 2. The minimum atomic E-state index is -0.612. The first-order valence-electron chi connectivity index (χ1n) is 9.22. The Hall–Kier alpha value is -3.55. The third-order valence-electron chi connectivity index (χ3n) is 4.79. The zero-order valence-corrected chi connectivity index (χ0v) is 15.6. The highest BCUT2D eigenvalue weighted by Gasteiger charge is 2.22. The zero-order valence-electron chi connectivity index (χ0n) is 15.6. The molecule has 8 heteroatoms. The summed E-state index contributed by atoms with van der Waals surface area (Å²) in [6.07, 6.45) is 4.85. The molecule has 148 valence electrons. The Balaban J connectivity index is 1.42. The number of carbonyl (C=O) groups excluding carboxylic acids is 1.